The van der Waals surface area contributed by atoms with Gasteiger partial charge in [-0.3, -0.25) is 4.79 Å². The summed E-state index contributed by atoms with van der Waals surface area (Å²) < 4.78 is 10.4. The molecule has 2 aromatic rings. The van der Waals surface area contributed by atoms with Crippen molar-refractivity contribution in [3.05, 3.63) is 54.6 Å². The lowest BCUT2D eigenvalue weighted by molar-refractivity contribution is -0.131. The third-order valence-electron chi connectivity index (χ3n) is 2.39. The Morgan fingerprint density at radius 3 is 2.32 bits per heavy atom. The summed E-state index contributed by atoms with van der Waals surface area (Å²) in [5.41, 5.74) is 0. The van der Waals surface area contributed by atoms with Gasteiger partial charge in [-0.15, -0.1) is 11.8 Å². The molecule has 0 amide bonds. The van der Waals surface area contributed by atoms with Crippen LogP contribution in [0.15, 0.2) is 59.5 Å². The molecule has 0 spiro atoms. The van der Waals surface area contributed by atoms with Crippen molar-refractivity contribution in [3.8, 4) is 11.5 Å². The molecule has 0 N–H and O–H groups in total. The molecule has 0 atom stereocenters. The van der Waals surface area contributed by atoms with Gasteiger partial charge in [-0.1, -0.05) is 30.3 Å². The van der Waals surface area contributed by atoms with Crippen LogP contribution in [0.25, 0.3) is 0 Å². The number of hydrogen-bond acceptors (Lipinski definition) is 4. The molecular formula is C15H14O3S. The standard InChI is InChI=1S/C15H14O3S/c1-17-13-9-5-6-10-14(13)18-15(16)11-19-12-7-3-2-4-8-12/h2-10H,11H2,1H3. The van der Waals surface area contributed by atoms with Gasteiger partial charge in [0, 0.05) is 4.90 Å². The first-order valence-corrected chi connectivity index (χ1v) is 6.79. The fourth-order valence-corrected chi connectivity index (χ4v) is 2.21. The van der Waals surface area contributed by atoms with E-state index in [1.165, 1.54) is 11.8 Å². The molecule has 0 radical (unpaired) electrons. The van der Waals surface area contributed by atoms with Crippen LogP contribution in [0.4, 0.5) is 0 Å². The molecule has 0 saturated heterocycles. The van der Waals surface area contributed by atoms with Crippen molar-refractivity contribution in [2.24, 2.45) is 0 Å². The Kier molecular flexibility index (Phi) is 4.86. The molecular weight excluding hydrogens is 260 g/mol. The molecule has 98 valence electrons. The van der Waals surface area contributed by atoms with Gasteiger partial charge in [0.25, 0.3) is 0 Å². The smallest absolute Gasteiger partial charge is 0.321 e. The topological polar surface area (TPSA) is 35.5 Å². The summed E-state index contributed by atoms with van der Waals surface area (Å²) in [6.07, 6.45) is 0. The number of benzene rings is 2. The van der Waals surface area contributed by atoms with Crippen molar-refractivity contribution in [3.63, 3.8) is 0 Å². The zero-order valence-electron chi connectivity index (χ0n) is 10.5. The van der Waals surface area contributed by atoms with Crippen LogP contribution < -0.4 is 9.47 Å². The number of hydrogen-bond donors (Lipinski definition) is 0. The van der Waals surface area contributed by atoms with Crippen LogP contribution in [-0.2, 0) is 4.79 Å². The largest absolute Gasteiger partial charge is 0.493 e. The number of methoxy groups -OCH3 is 1. The van der Waals surface area contributed by atoms with E-state index in [9.17, 15) is 4.79 Å². The van der Waals surface area contributed by atoms with E-state index in [0.29, 0.717) is 11.5 Å². The maximum Gasteiger partial charge on any atom is 0.321 e. The quantitative estimate of drug-likeness (QED) is 0.475. The summed E-state index contributed by atoms with van der Waals surface area (Å²) in [6, 6.07) is 16.8. The van der Waals surface area contributed by atoms with Gasteiger partial charge in [-0.2, -0.15) is 0 Å². The number of ether oxygens (including phenoxy) is 2. The lowest BCUT2D eigenvalue weighted by Crippen LogP contribution is -2.11. The highest BCUT2D eigenvalue weighted by Crippen LogP contribution is 2.26. The highest BCUT2D eigenvalue weighted by molar-refractivity contribution is 8.00. The number of para-hydroxylation sites is 2. The second kappa shape index (κ2) is 6.85. The molecule has 0 heterocycles. The van der Waals surface area contributed by atoms with Crippen LogP contribution in [0.2, 0.25) is 0 Å². The first kappa shape index (κ1) is 13.5. The van der Waals surface area contributed by atoms with Gasteiger partial charge in [0.15, 0.2) is 11.5 Å². The zero-order valence-corrected chi connectivity index (χ0v) is 11.4. The number of rotatable bonds is 5. The summed E-state index contributed by atoms with van der Waals surface area (Å²) in [4.78, 5) is 12.8. The SMILES string of the molecule is COc1ccccc1OC(=O)CSc1ccccc1. The average Bonchev–Trinajstić information content (AvgIpc) is 2.47. The van der Waals surface area contributed by atoms with Crippen LogP contribution in [0.1, 0.15) is 0 Å². The molecule has 0 aromatic heterocycles. The minimum absolute atomic E-state index is 0.266. The lowest BCUT2D eigenvalue weighted by Gasteiger charge is -2.08. The Morgan fingerprint density at radius 1 is 1.00 bits per heavy atom. The summed E-state index contributed by atoms with van der Waals surface area (Å²) >= 11 is 1.45. The summed E-state index contributed by atoms with van der Waals surface area (Å²) in [5, 5.41) is 0. The van der Waals surface area contributed by atoms with Gasteiger partial charge < -0.3 is 9.47 Å². The van der Waals surface area contributed by atoms with Gasteiger partial charge in [0.1, 0.15) is 0 Å². The average molecular weight is 274 g/mol. The number of esters is 1. The Bertz CT molecular complexity index is 540. The first-order valence-electron chi connectivity index (χ1n) is 5.81. The van der Waals surface area contributed by atoms with Crippen molar-refractivity contribution in [2.45, 2.75) is 4.90 Å². The fourth-order valence-electron chi connectivity index (χ4n) is 1.51. The second-order valence-corrected chi connectivity index (χ2v) is 4.78. The molecule has 0 saturated carbocycles. The van der Waals surface area contributed by atoms with Gasteiger partial charge in [-0.05, 0) is 24.3 Å². The molecule has 2 rings (SSSR count). The van der Waals surface area contributed by atoms with Gasteiger partial charge >= 0.3 is 5.97 Å². The minimum atomic E-state index is -0.293. The predicted octanol–water partition coefficient (Wildman–Crippen LogP) is 3.39. The van der Waals surface area contributed by atoms with Gasteiger partial charge in [0.2, 0.25) is 0 Å². The van der Waals surface area contributed by atoms with Crippen LogP contribution in [0.3, 0.4) is 0 Å². The van der Waals surface area contributed by atoms with Crippen molar-refractivity contribution >= 4 is 17.7 Å². The Labute approximate surface area is 116 Å². The molecule has 0 bridgehead atoms. The third-order valence-corrected chi connectivity index (χ3v) is 3.38. The number of carbonyl (C=O) groups is 1. The normalized spacial score (nSPS) is 9.95. The van der Waals surface area contributed by atoms with E-state index >= 15 is 0 Å². The third kappa shape index (κ3) is 4.03. The number of carbonyl (C=O) groups excluding carboxylic acids is 1. The molecule has 0 aliphatic rings. The molecule has 0 aliphatic carbocycles. The van der Waals surface area contributed by atoms with E-state index in [1.54, 1.807) is 25.3 Å². The molecule has 0 unspecified atom stereocenters. The Balaban J connectivity index is 1.91. The van der Waals surface area contributed by atoms with E-state index < -0.39 is 0 Å². The monoisotopic (exact) mass is 274 g/mol. The Hall–Kier alpha value is -1.94. The molecule has 19 heavy (non-hydrogen) atoms. The predicted molar refractivity (Wildman–Crippen MR) is 75.8 cm³/mol. The minimum Gasteiger partial charge on any atom is -0.493 e. The molecule has 3 nitrogen and oxygen atoms in total. The Morgan fingerprint density at radius 2 is 1.63 bits per heavy atom. The van der Waals surface area contributed by atoms with Gasteiger partial charge in [-0.25, -0.2) is 0 Å². The van der Waals surface area contributed by atoms with E-state index in [0.717, 1.165) is 4.90 Å². The molecule has 2 aromatic carbocycles. The van der Waals surface area contributed by atoms with Crippen molar-refractivity contribution in [2.75, 3.05) is 12.9 Å². The molecule has 0 aliphatic heterocycles. The van der Waals surface area contributed by atoms with Crippen LogP contribution in [0, 0.1) is 0 Å². The van der Waals surface area contributed by atoms with Crippen LogP contribution in [-0.4, -0.2) is 18.8 Å². The first-order chi connectivity index (χ1) is 9.29. The van der Waals surface area contributed by atoms with E-state index in [4.69, 9.17) is 9.47 Å². The second-order valence-electron chi connectivity index (χ2n) is 3.73. The van der Waals surface area contributed by atoms with E-state index in [1.807, 2.05) is 36.4 Å². The van der Waals surface area contributed by atoms with Crippen molar-refractivity contribution < 1.29 is 14.3 Å². The maximum absolute atomic E-state index is 11.8. The summed E-state index contributed by atoms with van der Waals surface area (Å²) in [7, 11) is 1.55. The highest BCUT2D eigenvalue weighted by Gasteiger charge is 2.09. The zero-order chi connectivity index (χ0) is 13.5. The summed E-state index contributed by atoms with van der Waals surface area (Å²) in [5.74, 6) is 0.977. The number of thioether (sulfide) groups is 1. The van der Waals surface area contributed by atoms with E-state index in [2.05, 4.69) is 0 Å². The maximum atomic E-state index is 11.8. The summed E-state index contributed by atoms with van der Waals surface area (Å²) in [6.45, 7) is 0. The lowest BCUT2D eigenvalue weighted by atomic mass is 10.3. The van der Waals surface area contributed by atoms with E-state index in [-0.39, 0.29) is 11.7 Å². The van der Waals surface area contributed by atoms with Gasteiger partial charge in [0.05, 0.1) is 12.9 Å². The van der Waals surface area contributed by atoms with Crippen molar-refractivity contribution in [1.82, 2.24) is 0 Å². The van der Waals surface area contributed by atoms with Crippen LogP contribution >= 0.6 is 11.8 Å². The fraction of sp³-hybridized carbons (Fsp3) is 0.133. The highest BCUT2D eigenvalue weighted by atomic mass is 32.2. The molecule has 0 fully saturated rings. The van der Waals surface area contributed by atoms with Crippen LogP contribution in [0.5, 0.6) is 11.5 Å². The van der Waals surface area contributed by atoms with Crippen molar-refractivity contribution in [1.29, 1.82) is 0 Å². The molecule has 4 heteroatoms.